The van der Waals surface area contributed by atoms with Crippen molar-refractivity contribution in [1.29, 1.82) is 0 Å². The minimum absolute atomic E-state index is 0.873. The zero-order valence-corrected chi connectivity index (χ0v) is 8.39. The number of hydrogen-bond acceptors (Lipinski definition) is 0. The molecule has 0 atom stereocenters. The molecule has 0 aromatic heterocycles. The first-order valence-corrected chi connectivity index (χ1v) is 7.77. The van der Waals surface area contributed by atoms with E-state index in [2.05, 4.69) is 43.9 Å². The van der Waals surface area contributed by atoms with Crippen LogP contribution in [0.2, 0.25) is 19.6 Å². The summed E-state index contributed by atoms with van der Waals surface area (Å²) in [7, 11) is -0.928. The summed E-state index contributed by atoms with van der Waals surface area (Å²) in [5.74, 6) is 0. The van der Waals surface area contributed by atoms with Gasteiger partial charge < -0.3 is 0 Å². The lowest BCUT2D eigenvalue weighted by Gasteiger charge is -2.13. The molecule has 1 aliphatic carbocycles. The summed E-state index contributed by atoms with van der Waals surface area (Å²) in [6.07, 6.45) is 0. The van der Waals surface area contributed by atoms with Gasteiger partial charge in [-0.1, -0.05) is 43.9 Å². The van der Waals surface area contributed by atoms with Crippen LogP contribution in [-0.2, 0) is 0 Å². The Bertz CT molecular complexity index is 260. The standard InChI is InChI=1S/C10H14Si/c1-11(2,3)10-8-6-4-5-7-9(8)10/h4-7,10H,1-3H3. The maximum absolute atomic E-state index is 2.44. The van der Waals surface area contributed by atoms with Gasteiger partial charge in [-0.05, 0) is 11.1 Å². The summed E-state index contributed by atoms with van der Waals surface area (Å²) in [5, 5.41) is 0. The van der Waals surface area contributed by atoms with Crippen LogP contribution in [0.15, 0.2) is 24.3 Å². The van der Waals surface area contributed by atoms with Crippen LogP contribution in [-0.4, -0.2) is 8.07 Å². The maximum atomic E-state index is 2.44. The molecule has 0 unspecified atom stereocenters. The van der Waals surface area contributed by atoms with Crippen molar-refractivity contribution < 1.29 is 0 Å². The SMILES string of the molecule is C[Si](C)(C)C1c2ccccc21. The highest BCUT2D eigenvalue weighted by Crippen LogP contribution is 2.48. The second-order valence-electron chi connectivity index (χ2n) is 4.43. The fourth-order valence-corrected chi connectivity index (χ4v) is 4.20. The van der Waals surface area contributed by atoms with E-state index in [9.17, 15) is 0 Å². The van der Waals surface area contributed by atoms with Crippen LogP contribution in [0, 0.1) is 0 Å². The van der Waals surface area contributed by atoms with Crippen LogP contribution in [0.4, 0.5) is 0 Å². The molecular weight excluding hydrogens is 148 g/mol. The Morgan fingerprint density at radius 1 is 1.00 bits per heavy atom. The van der Waals surface area contributed by atoms with Crippen LogP contribution < -0.4 is 0 Å². The van der Waals surface area contributed by atoms with E-state index in [0.717, 1.165) is 5.54 Å². The fraction of sp³-hybridized carbons (Fsp3) is 0.400. The van der Waals surface area contributed by atoms with E-state index in [-0.39, 0.29) is 0 Å². The molecule has 1 aromatic carbocycles. The van der Waals surface area contributed by atoms with Gasteiger partial charge in [0.25, 0.3) is 0 Å². The zero-order valence-electron chi connectivity index (χ0n) is 7.39. The first kappa shape index (κ1) is 7.11. The summed E-state index contributed by atoms with van der Waals surface area (Å²) in [5.41, 5.74) is 4.11. The van der Waals surface area contributed by atoms with Crippen molar-refractivity contribution in [2.45, 2.75) is 25.2 Å². The molecular formula is C10H14Si. The Kier molecular flexibility index (Phi) is 1.28. The predicted molar refractivity (Wildman–Crippen MR) is 51.6 cm³/mol. The van der Waals surface area contributed by atoms with Gasteiger partial charge in [0.15, 0.2) is 0 Å². The topological polar surface area (TPSA) is 0 Å². The van der Waals surface area contributed by atoms with E-state index < -0.39 is 8.07 Å². The van der Waals surface area contributed by atoms with E-state index in [1.807, 2.05) is 0 Å². The molecule has 1 aromatic rings. The maximum Gasteiger partial charge on any atom is 0.0573 e. The predicted octanol–water partition coefficient (Wildman–Crippen LogP) is 3.01. The summed E-state index contributed by atoms with van der Waals surface area (Å²) < 4.78 is 0. The summed E-state index contributed by atoms with van der Waals surface area (Å²) in [6.45, 7) is 7.33. The van der Waals surface area contributed by atoms with E-state index in [1.54, 1.807) is 11.1 Å². The van der Waals surface area contributed by atoms with E-state index in [1.165, 1.54) is 0 Å². The third-order valence-electron chi connectivity index (χ3n) is 2.40. The van der Waals surface area contributed by atoms with Crippen molar-refractivity contribution in [1.82, 2.24) is 0 Å². The first-order chi connectivity index (χ1) is 5.11. The van der Waals surface area contributed by atoms with Gasteiger partial charge >= 0.3 is 0 Å². The van der Waals surface area contributed by atoms with Gasteiger partial charge in [0.1, 0.15) is 0 Å². The second-order valence-corrected chi connectivity index (χ2v) is 9.74. The van der Waals surface area contributed by atoms with Crippen molar-refractivity contribution in [2.24, 2.45) is 0 Å². The van der Waals surface area contributed by atoms with Crippen LogP contribution in [0.25, 0.3) is 0 Å². The third kappa shape index (κ3) is 1.04. The highest BCUT2D eigenvalue weighted by molar-refractivity contribution is 6.79. The van der Waals surface area contributed by atoms with Crippen molar-refractivity contribution in [3.05, 3.63) is 35.4 Å². The fourth-order valence-electron chi connectivity index (χ4n) is 1.89. The van der Waals surface area contributed by atoms with Crippen LogP contribution in [0.3, 0.4) is 0 Å². The Labute approximate surface area is 69.3 Å². The van der Waals surface area contributed by atoms with Crippen LogP contribution in [0.1, 0.15) is 16.7 Å². The summed E-state index contributed by atoms with van der Waals surface area (Å²) >= 11 is 0. The molecule has 0 heterocycles. The lowest BCUT2D eigenvalue weighted by Crippen LogP contribution is -2.22. The minimum Gasteiger partial charge on any atom is -0.0688 e. The van der Waals surface area contributed by atoms with Crippen molar-refractivity contribution in [3.63, 3.8) is 0 Å². The monoisotopic (exact) mass is 162 g/mol. The Balaban J connectivity index is 2.31. The molecule has 11 heavy (non-hydrogen) atoms. The number of rotatable bonds is 1. The van der Waals surface area contributed by atoms with Gasteiger partial charge in [0, 0.05) is 5.54 Å². The quantitative estimate of drug-likeness (QED) is 0.557. The highest BCUT2D eigenvalue weighted by atomic mass is 28.3. The van der Waals surface area contributed by atoms with Gasteiger partial charge in [-0.2, -0.15) is 0 Å². The molecule has 1 heteroatoms. The Morgan fingerprint density at radius 3 is 1.82 bits per heavy atom. The molecule has 0 spiro atoms. The van der Waals surface area contributed by atoms with Gasteiger partial charge in [-0.15, -0.1) is 0 Å². The van der Waals surface area contributed by atoms with Gasteiger partial charge in [0.2, 0.25) is 0 Å². The molecule has 58 valence electrons. The molecule has 1 aliphatic rings. The third-order valence-corrected chi connectivity index (χ3v) is 4.75. The smallest absolute Gasteiger partial charge is 0.0573 e. The molecule has 0 saturated carbocycles. The first-order valence-electron chi connectivity index (χ1n) is 4.19. The lowest BCUT2D eigenvalue weighted by atomic mass is 10.4. The van der Waals surface area contributed by atoms with Crippen molar-refractivity contribution in [2.75, 3.05) is 0 Å². The molecule has 0 amide bonds. The van der Waals surface area contributed by atoms with Gasteiger partial charge in [-0.25, -0.2) is 0 Å². The molecule has 0 fully saturated rings. The normalized spacial score (nSPS) is 16.3. The average Bonchev–Trinajstić information content (AvgIpc) is 2.58. The van der Waals surface area contributed by atoms with Gasteiger partial charge in [-0.3, -0.25) is 0 Å². The van der Waals surface area contributed by atoms with E-state index >= 15 is 0 Å². The van der Waals surface area contributed by atoms with Gasteiger partial charge in [0.05, 0.1) is 8.07 Å². The summed E-state index contributed by atoms with van der Waals surface area (Å²) in [4.78, 5) is 0. The Morgan fingerprint density at radius 2 is 1.45 bits per heavy atom. The molecule has 0 aliphatic heterocycles. The largest absolute Gasteiger partial charge is 0.0688 e. The molecule has 0 radical (unpaired) electrons. The molecule has 2 rings (SSSR count). The van der Waals surface area contributed by atoms with Crippen LogP contribution >= 0.6 is 0 Å². The minimum atomic E-state index is -0.928. The zero-order chi connectivity index (χ0) is 8.06. The van der Waals surface area contributed by atoms with Crippen LogP contribution in [0.5, 0.6) is 0 Å². The van der Waals surface area contributed by atoms with E-state index in [4.69, 9.17) is 0 Å². The lowest BCUT2D eigenvalue weighted by molar-refractivity contribution is 1.35. The summed E-state index contributed by atoms with van der Waals surface area (Å²) in [6, 6.07) is 8.86. The number of hydrogen-bond donors (Lipinski definition) is 0. The van der Waals surface area contributed by atoms with Crippen molar-refractivity contribution >= 4 is 8.07 Å². The number of fused-ring (bicyclic) bond motifs is 1. The molecule has 0 nitrogen and oxygen atoms in total. The van der Waals surface area contributed by atoms with E-state index in [0.29, 0.717) is 0 Å². The molecule has 0 saturated heterocycles. The Hall–Kier alpha value is -0.563. The number of benzene rings is 1. The highest BCUT2D eigenvalue weighted by Gasteiger charge is 2.41. The molecule has 0 N–H and O–H groups in total. The average molecular weight is 162 g/mol. The van der Waals surface area contributed by atoms with Crippen molar-refractivity contribution in [3.8, 4) is 0 Å². The second kappa shape index (κ2) is 1.98. The molecule has 0 bridgehead atoms.